The fraction of sp³-hybridized carbons (Fsp3) is 0.167. The van der Waals surface area contributed by atoms with Crippen LogP contribution in [-0.4, -0.2) is 36.5 Å². The fourth-order valence-corrected chi connectivity index (χ4v) is 4.22. The molecule has 0 aliphatic heterocycles. The number of thioether (sulfide) groups is 1. The summed E-state index contributed by atoms with van der Waals surface area (Å²) in [6, 6.07) is 15.3. The first-order valence-electron chi connectivity index (χ1n) is 8.04. The van der Waals surface area contributed by atoms with Gasteiger partial charge in [-0.1, -0.05) is 35.4 Å². The third-order valence-corrected chi connectivity index (χ3v) is 6.25. The van der Waals surface area contributed by atoms with Crippen LogP contribution in [0.5, 0.6) is 0 Å². The second-order valence-corrected chi connectivity index (χ2v) is 8.49. The van der Waals surface area contributed by atoms with E-state index in [-0.39, 0.29) is 34.9 Å². The van der Waals surface area contributed by atoms with Crippen molar-refractivity contribution < 1.29 is 17.6 Å². The van der Waals surface area contributed by atoms with Gasteiger partial charge in [-0.05, 0) is 30.5 Å². The zero-order valence-electron chi connectivity index (χ0n) is 14.5. The molecule has 3 aromatic rings. The fourth-order valence-electron chi connectivity index (χ4n) is 2.37. The van der Waals surface area contributed by atoms with Crippen molar-refractivity contribution >= 4 is 33.5 Å². The third kappa shape index (κ3) is 4.75. The van der Waals surface area contributed by atoms with Gasteiger partial charge in [0.15, 0.2) is 9.84 Å². The van der Waals surface area contributed by atoms with Crippen LogP contribution in [0.15, 0.2) is 68.8 Å². The van der Waals surface area contributed by atoms with Crippen LogP contribution in [0.4, 0.5) is 6.01 Å². The monoisotopic (exact) mass is 403 g/mol. The molecule has 0 aliphatic carbocycles. The Morgan fingerprint density at radius 3 is 2.52 bits per heavy atom. The molecule has 3 rings (SSSR count). The molecule has 0 radical (unpaired) electrons. The molecule has 7 nitrogen and oxygen atoms in total. The maximum absolute atomic E-state index is 12.4. The quantitative estimate of drug-likeness (QED) is 0.605. The van der Waals surface area contributed by atoms with Gasteiger partial charge in [-0.25, -0.2) is 8.42 Å². The highest BCUT2D eigenvalue weighted by Crippen LogP contribution is 2.21. The van der Waals surface area contributed by atoms with Crippen LogP contribution < -0.4 is 5.32 Å². The lowest BCUT2D eigenvalue weighted by Gasteiger charge is -2.05. The number of amides is 1. The topological polar surface area (TPSA) is 102 Å². The standard InChI is InChI=1S/C18H17N3O4S2/c1-26-15-10-6-5-9-14(15)17(22)19-18-21-20-16(25-18)11-12-27(23,24)13-7-3-2-4-8-13/h2-10H,11-12H2,1H3,(H,19,21,22). The molecule has 0 saturated carbocycles. The highest BCUT2D eigenvalue weighted by molar-refractivity contribution is 7.98. The molecule has 0 atom stereocenters. The van der Waals surface area contributed by atoms with Crippen molar-refractivity contribution in [1.29, 1.82) is 0 Å². The molecule has 140 valence electrons. The molecular weight excluding hydrogens is 386 g/mol. The number of hydrogen-bond acceptors (Lipinski definition) is 7. The number of nitrogens with zero attached hydrogens (tertiary/aromatic N) is 2. The van der Waals surface area contributed by atoms with Crippen molar-refractivity contribution in [2.75, 3.05) is 17.3 Å². The van der Waals surface area contributed by atoms with E-state index in [1.807, 2.05) is 18.4 Å². The van der Waals surface area contributed by atoms with Crippen LogP contribution in [0.2, 0.25) is 0 Å². The van der Waals surface area contributed by atoms with E-state index in [1.54, 1.807) is 30.3 Å². The molecule has 9 heteroatoms. The first kappa shape index (κ1) is 19.1. The number of aromatic nitrogens is 2. The number of benzene rings is 2. The summed E-state index contributed by atoms with van der Waals surface area (Å²) in [4.78, 5) is 13.4. The zero-order chi connectivity index (χ0) is 19.3. The Balaban J connectivity index is 1.64. The molecule has 0 saturated heterocycles. The van der Waals surface area contributed by atoms with E-state index in [0.29, 0.717) is 5.56 Å². The number of hydrogen-bond donors (Lipinski definition) is 1. The van der Waals surface area contributed by atoms with Crippen molar-refractivity contribution in [2.45, 2.75) is 16.2 Å². The lowest BCUT2D eigenvalue weighted by molar-refractivity contribution is 0.102. The lowest BCUT2D eigenvalue weighted by atomic mass is 10.2. The second-order valence-electron chi connectivity index (χ2n) is 5.54. The maximum Gasteiger partial charge on any atom is 0.322 e. The Kier molecular flexibility index (Phi) is 5.92. The molecule has 0 spiro atoms. The minimum atomic E-state index is -3.44. The van der Waals surface area contributed by atoms with Crippen LogP contribution in [0.3, 0.4) is 0 Å². The predicted octanol–water partition coefficient (Wildman–Crippen LogP) is 3.06. The van der Waals surface area contributed by atoms with Crippen LogP contribution in [0.1, 0.15) is 16.2 Å². The van der Waals surface area contributed by atoms with Gasteiger partial charge in [0.25, 0.3) is 5.91 Å². The maximum atomic E-state index is 12.4. The molecule has 0 unspecified atom stereocenters. The minimum absolute atomic E-state index is 0.0570. The smallest absolute Gasteiger partial charge is 0.322 e. The first-order chi connectivity index (χ1) is 13.0. The minimum Gasteiger partial charge on any atom is -0.408 e. The van der Waals surface area contributed by atoms with Gasteiger partial charge in [0.2, 0.25) is 5.89 Å². The summed E-state index contributed by atoms with van der Waals surface area (Å²) < 4.78 is 29.9. The van der Waals surface area contributed by atoms with Gasteiger partial charge in [0.05, 0.1) is 16.2 Å². The van der Waals surface area contributed by atoms with Crippen LogP contribution in [0, 0.1) is 0 Å². The zero-order valence-corrected chi connectivity index (χ0v) is 16.1. The van der Waals surface area contributed by atoms with Gasteiger partial charge in [-0.2, -0.15) is 0 Å². The highest BCUT2D eigenvalue weighted by Gasteiger charge is 2.18. The molecule has 1 amide bonds. The summed E-state index contributed by atoms with van der Waals surface area (Å²) in [5.41, 5.74) is 0.497. The van der Waals surface area contributed by atoms with Gasteiger partial charge in [-0.15, -0.1) is 16.9 Å². The summed E-state index contributed by atoms with van der Waals surface area (Å²) >= 11 is 1.45. The van der Waals surface area contributed by atoms with Crippen LogP contribution in [0.25, 0.3) is 0 Å². The van der Waals surface area contributed by atoms with Gasteiger partial charge < -0.3 is 4.42 Å². The van der Waals surface area contributed by atoms with E-state index < -0.39 is 9.84 Å². The third-order valence-electron chi connectivity index (χ3n) is 3.73. The first-order valence-corrected chi connectivity index (χ1v) is 10.9. The highest BCUT2D eigenvalue weighted by atomic mass is 32.2. The van der Waals surface area contributed by atoms with E-state index in [1.165, 1.54) is 23.9 Å². The Labute approximate surface area is 161 Å². The number of nitrogens with one attached hydrogen (secondary N) is 1. The van der Waals surface area contributed by atoms with Gasteiger partial charge in [0.1, 0.15) is 0 Å². The molecular formula is C18H17N3O4S2. The van der Waals surface area contributed by atoms with E-state index in [2.05, 4.69) is 15.5 Å². The molecule has 1 N–H and O–H groups in total. The Bertz CT molecular complexity index is 1030. The Morgan fingerprint density at radius 2 is 1.78 bits per heavy atom. The van der Waals surface area contributed by atoms with E-state index in [4.69, 9.17) is 4.42 Å². The van der Waals surface area contributed by atoms with Crippen molar-refractivity contribution in [3.63, 3.8) is 0 Å². The number of rotatable bonds is 7. The average molecular weight is 403 g/mol. The van der Waals surface area contributed by atoms with E-state index in [9.17, 15) is 13.2 Å². The lowest BCUT2D eigenvalue weighted by Crippen LogP contribution is -2.13. The number of sulfone groups is 1. The summed E-state index contributed by atoms with van der Waals surface area (Å²) in [5, 5.41) is 10.1. The van der Waals surface area contributed by atoms with Crippen molar-refractivity contribution in [1.82, 2.24) is 10.2 Å². The SMILES string of the molecule is CSc1ccccc1C(=O)Nc1nnc(CCS(=O)(=O)c2ccccc2)o1. The normalized spacial score (nSPS) is 11.3. The molecule has 27 heavy (non-hydrogen) atoms. The van der Waals surface area contributed by atoms with Crippen LogP contribution >= 0.6 is 11.8 Å². The van der Waals surface area contributed by atoms with E-state index >= 15 is 0 Å². The average Bonchev–Trinajstić information content (AvgIpc) is 3.14. The summed E-state index contributed by atoms with van der Waals surface area (Å²) in [7, 11) is -3.44. The van der Waals surface area contributed by atoms with Crippen LogP contribution in [-0.2, 0) is 16.3 Å². The molecule has 1 heterocycles. The summed E-state index contributed by atoms with van der Waals surface area (Å²) in [5.74, 6) is -0.392. The summed E-state index contributed by atoms with van der Waals surface area (Å²) in [6.07, 6.45) is 1.94. The van der Waals surface area contributed by atoms with Crippen molar-refractivity contribution in [2.24, 2.45) is 0 Å². The molecule has 2 aromatic carbocycles. The van der Waals surface area contributed by atoms with Gasteiger partial charge >= 0.3 is 6.01 Å². The number of carbonyl (C=O) groups is 1. The predicted molar refractivity (Wildman–Crippen MR) is 103 cm³/mol. The van der Waals surface area contributed by atoms with Crippen molar-refractivity contribution in [3.8, 4) is 0 Å². The molecule has 1 aromatic heterocycles. The largest absolute Gasteiger partial charge is 0.408 e. The molecule has 0 aliphatic rings. The number of carbonyl (C=O) groups excluding carboxylic acids is 1. The van der Waals surface area contributed by atoms with Gasteiger partial charge in [-0.3, -0.25) is 10.1 Å². The van der Waals surface area contributed by atoms with Gasteiger partial charge in [0, 0.05) is 11.3 Å². The number of anilines is 1. The van der Waals surface area contributed by atoms with Crippen molar-refractivity contribution in [3.05, 3.63) is 66.1 Å². The molecule has 0 bridgehead atoms. The second kappa shape index (κ2) is 8.36. The number of aryl methyl sites for hydroxylation is 1. The Hall–Kier alpha value is -2.65. The Morgan fingerprint density at radius 1 is 1.07 bits per heavy atom. The molecule has 0 fully saturated rings. The van der Waals surface area contributed by atoms with E-state index in [0.717, 1.165) is 4.90 Å². The summed E-state index contributed by atoms with van der Waals surface area (Å²) in [6.45, 7) is 0.